The number of aliphatic hydroxyl groups excluding tert-OH is 1. The third-order valence-corrected chi connectivity index (χ3v) is 3.76. The first-order valence-electron chi connectivity index (χ1n) is 8.08. The summed E-state index contributed by atoms with van der Waals surface area (Å²) in [5.74, 6) is 0.433. The van der Waals surface area contributed by atoms with Crippen molar-refractivity contribution < 1.29 is 14.3 Å². The van der Waals surface area contributed by atoms with Gasteiger partial charge in [0, 0.05) is 13.1 Å². The standard InChI is InChI=1S/C18H25N3O3/c1-3-21(2)13-15-7-4-6-14(10-15)11-19-18(23)20-12-16(22)17-8-5-9-24-17/h4-10,16,22H,3,11-13H2,1-2H3,(H2,19,20,23). The van der Waals surface area contributed by atoms with Gasteiger partial charge in [0.05, 0.1) is 12.8 Å². The van der Waals surface area contributed by atoms with Crippen LogP contribution in [0.5, 0.6) is 0 Å². The van der Waals surface area contributed by atoms with Crippen LogP contribution in [0.25, 0.3) is 0 Å². The maximum absolute atomic E-state index is 11.8. The molecule has 2 rings (SSSR count). The summed E-state index contributed by atoms with van der Waals surface area (Å²) in [6.45, 7) is 4.52. The summed E-state index contributed by atoms with van der Waals surface area (Å²) in [5, 5.41) is 15.3. The molecule has 3 N–H and O–H groups in total. The Morgan fingerprint density at radius 1 is 1.25 bits per heavy atom. The van der Waals surface area contributed by atoms with Gasteiger partial charge in [-0.3, -0.25) is 0 Å². The maximum Gasteiger partial charge on any atom is 0.315 e. The number of rotatable bonds is 8. The second-order valence-electron chi connectivity index (χ2n) is 5.75. The van der Waals surface area contributed by atoms with E-state index in [4.69, 9.17) is 4.42 Å². The molecule has 6 heteroatoms. The number of hydrogen-bond donors (Lipinski definition) is 3. The van der Waals surface area contributed by atoms with Gasteiger partial charge in [-0.2, -0.15) is 0 Å². The van der Waals surface area contributed by atoms with E-state index in [2.05, 4.69) is 41.6 Å². The first kappa shape index (κ1) is 18.0. The van der Waals surface area contributed by atoms with Crippen LogP contribution in [0.15, 0.2) is 47.1 Å². The fourth-order valence-electron chi connectivity index (χ4n) is 2.28. The number of aliphatic hydroxyl groups is 1. The highest BCUT2D eigenvalue weighted by Crippen LogP contribution is 2.11. The highest BCUT2D eigenvalue weighted by Gasteiger charge is 2.11. The van der Waals surface area contributed by atoms with E-state index in [9.17, 15) is 9.90 Å². The van der Waals surface area contributed by atoms with E-state index in [0.29, 0.717) is 12.3 Å². The Balaban J connectivity index is 1.76. The van der Waals surface area contributed by atoms with Crippen LogP contribution in [-0.2, 0) is 13.1 Å². The molecule has 0 spiro atoms. The lowest BCUT2D eigenvalue weighted by molar-refractivity contribution is 0.148. The second-order valence-corrected chi connectivity index (χ2v) is 5.75. The van der Waals surface area contributed by atoms with E-state index in [-0.39, 0.29) is 12.6 Å². The van der Waals surface area contributed by atoms with Gasteiger partial charge in [-0.1, -0.05) is 31.2 Å². The van der Waals surface area contributed by atoms with Crippen LogP contribution in [0.4, 0.5) is 4.79 Å². The van der Waals surface area contributed by atoms with Crippen LogP contribution >= 0.6 is 0 Å². The van der Waals surface area contributed by atoms with Gasteiger partial charge in [0.2, 0.25) is 0 Å². The van der Waals surface area contributed by atoms with E-state index in [1.165, 1.54) is 11.8 Å². The van der Waals surface area contributed by atoms with E-state index in [1.807, 2.05) is 12.1 Å². The minimum atomic E-state index is -0.848. The quantitative estimate of drug-likeness (QED) is 0.693. The van der Waals surface area contributed by atoms with Crippen LogP contribution < -0.4 is 10.6 Å². The summed E-state index contributed by atoms with van der Waals surface area (Å²) in [7, 11) is 2.07. The average molecular weight is 331 g/mol. The van der Waals surface area contributed by atoms with Gasteiger partial charge in [-0.05, 0) is 36.9 Å². The second kappa shape index (κ2) is 9.10. The van der Waals surface area contributed by atoms with E-state index >= 15 is 0 Å². The molecular formula is C18H25N3O3. The van der Waals surface area contributed by atoms with Crippen molar-refractivity contribution in [3.8, 4) is 0 Å². The van der Waals surface area contributed by atoms with Crippen molar-refractivity contribution in [3.63, 3.8) is 0 Å². The molecule has 0 radical (unpaired) electrons. The molecule has 0 aliphatic carbocycles. The predicted molar refractivity (Wildman–Crippen MR) is 92.4 cm³/mol. The Bertz CT molecular complexity index is 628. The highest BCUT2D eigenvalue weighted by molar-refractivity contribution is 5.73. The zero-order valence-corrected chi connectivity index (χ0v) is 14.2. The van der Waals surface area contributed by atoms with Crippen molar-refractivity contribution in [2.45, 2.75) is 26.1 Å². The van der Waals surface area contributed by atoms with E-state index in [0.717, 1.165) is 18.7 Å². The summed E-state index contributed by atoms with van der Waals surface area (Å²) in [5.41, 5.74) is 2.26. The topological polar surface area (TPSA) is 77.7 Å². The summed E-state index contributed by atoms with van der Waals surface area (Å²) in [6.07, 6.45) is 0.639. The number of carbonyl (C=O) groups is 1. The van der Waals surface area contributed by atoms with Gasteiger partial charge in [-0.25, -0.2) is 4.79 Å². The van der Waals surface area contributed by atoms with E-state index in [1.54, 1.807) is 12.1 Å². The van der Waals surface area contributed by atoms with Gasteiger partial charge in [0.25, 0.3) is 0 Å². The lowest BCUT2D eigenvalue weighted by Gasteiger charge is -2.15. The molecule has 6 nitrogen and oxygen atoms in total. The van der Waals surface area contributed by atoms with Gasteiger partial charge < -0.3 is 25.1 Å². The summed E-state index contributed by atoms with van der Waals surface area (Å²) < 4.78 is 5.09. The van der Waals surface area contributed by atoms with Crippen LogP contribution in [-0.4, -0.2) is 36.2 Å². The Morgan fingerprint density at radius 3 is 2.75 bits per heavy atom. The number of urea groups is 1. The zero-order chi connectivity index (χ0) is 17.4. The van der Waals surface area contributed by atoms with Crippen molar-refractivity contribution in [1.29, 1.82) is 0 Å². The maximum atomic E-state index is 11.8. The molecule has 1 unspecified atom stereocenters. The van der Waals surface area contributed by atoms with Crippen molar-refractivity contribution in [2.24, 2.45) is 0 Å². The molecule has 2 amide bonds. The molecule has 0 saturated heterocycles. The van der Waals surface area contributed by atoms with Crippen molar-refractivity contribution in [1.82, 2.24) is 15.5 Å². The Morgan fingerprint density at radius 2 is 2.04 bits per heavy atom. The fraction of sp³-hybridized carbons (Fsp3) is 0.389. The lowest BCUT2D eigenvalue weighted by atomic mass is 10.1. The first-order chi connectivity index (χ1) is 11.6. The van der Waals surface area contributed by atoms with Gasteiger partial charge in [0.1, 0.15) is 11.9 Å². The van der Waals surface area contributed by atoms with Crippen molar-refractivity contribution in [3.05, 3.63) is 59.5 Å². The molecule has 130 valence electrons. The van der Waals surface area contributed by atoms with Gasteiger partial charge >= 0.3 is 6.03 Å². The molecule has 1 aromatic heterocycles. The van der Waals surface area contributed by atoms with Crippen LogP contribution in [0.2, 0.25) is 0 Å². The molecule has 24 heavy (non-hydrogen) atoms. The Kier molecular flexibility index (Phi) is 6.84. The highest BCUT2D eigenvalue weighted by atomic mass is 16.4. The lowest BCUT2D eigenvalue weighted by Crippen LogP contribution is -2.37. The van der Waals surface area contributed by atoms with Crippen LogP contribution in [0, 0.1) is 0 Å². The molecule has 0 fully saturated rings. The fourth-order valence-corrected chi connectivity index (χ4v) is 2.28. The normalized spacial score (nSPS) is 12.2. The molecule has 2 aromatic rings. The molecule has 0 aliphatic heterocycles. The van der Waals surface area contributed by atoms with Gasteiger partial charge in [0.15, 0.2) is 0 Å². The molecule has 1 atom stereocenters. The number of amides is 2. The van der Waals surface area contributed by atoms with Gasteiger partial charge in [-0.15, -0.1) is 0 Å². The molecule has 0 saturated carbocycles. The molecule has 0 bridgehead atoms. The summed E-state index contributed by atoms with van der Waals surface area (Å²) in [6, 6.07) is 11.2. The minimum Gasteiger partial charge on any atom is -0.467 e. The average Bonchev–Trinajstić information content (AvgIpc) is 3.12. The smallest absolute Gasteiger partial charge is 0.315 e. The third-order valence-electron chi connectivity index (χ3n) is 3.76. The van der Waals surface area contributed by atoms with Crippen LogP contribution in [0.1, 0.15) is 29.9 Å². The Hall–Kier alpha value is -2.31. The zero-order valence-electron chi connectivity index (χ0n) is 14.2. The number of benzene rings is 1. The summed E-state index contributed by atoms with van der Waals surface area (Å²) in [4.78, 5) is 14.0. The SMILES string of the molecule is CCN(C)Cc1cccc(CNC(=O)NCC(O)c2ccco2)c1. The molecule has 1 heterocycles. The molecule has 1 aromatic carbocycles. The summed E-state index contributed by atoms with van der Waals surface area (Å²) >= 11 is 0. The number of carbonyl (C=O) groups excluding carboxylic acids is 1. The van der Waals surface area contributed by atoms with Crippen LogP contribution in [0.3, 0.4) is 0 Å². The van der Waals surface area contributed by atoms with Crippen molar-refractivity contribution >= 4 is 6.03 Å². The predicted octanol–water partition coefficient (Wildman–Crippen LogP) is 2.26. The monoisotopic (exact) mass is 331 g/mol. The first-order valence-corrected chi connectivity index (χ1v) is 8.08. The molecule has 0 aliphatic rings. The number of nitrogens with zero attached hydrogens (tertiary/aromatic N) is 1. The molecular weight excluding hydrogens is 306 g/mol. The number of hydrogen-bond acceptors (Lipinski definition) is 4. The Labute approximate surface area is 142 Å². The largest absolute Gasteiger partial charge is 0.467 e. The number of nitrogens with one attached hydrogen (secondary N) is 2. The minimum absolute atomic E-state index is 0.0979. The number of furan rings is 1. The van der Waals surface area contributed by atoms with Crippen molar-refractivity contribution in [2.75, 3.05) is 20.1 Å². The third kappa shape index (κ3) is 5.72. The van der Waals surface area contributed by atoms with E-state index < -0.39 is 6.10 Å².